The third-order valence-electron chi connectivity index (χ3n) is 2.51. The molecular weight excluding hydrogens is 379 g/mol. The molecule has 0 aliphatic heterocycles. The summed E-state index contributed by atoms with van der Waals surface area (Å²) in [5.74, 6) is 2.09. The van der Waals surface area contributed by atoms with Crippen LogP contribution in [0.5, 0.6) is 11.5 Å². The monoisotopic (exact) mass is 388 g/mol. The van der Waals surface area contributed by atoms with E-state index in [1.54, 1.807) is 0 Å². The van der Waals surface area contributed by atoms with Crippen LogP contribution in [0.25, 0.3) is 0 Å². The van der Waals surface area contributed by atoms with Gasteiger partial charge in [0.15, 0.2) is 0 Å². The molecule has 0 N–H and O–H groups in total. The average Bonchev–Trinajstić information content (AvgIpc) is 2.36. The molecule has 0 fully saturated rings. The van der Waals surface area contributed by atoms with Crippen LogP contribution >= 0.6 is 43.5 Å². The first-order valence-electron chi connectivity index (χ1n) is 5.38. The Hall–Kier alpha value is -0.510. The first-order valence-corrected chi connectivity index (χ1v) is 7.50. The lowest BCUT2D eigenvalue weighted by Gasteiger charge is -2.10. The number of ether oxygens (including phenoxy) is 1. The molecule has 4 heteroatoms. The number of benzene rings is 2. The van der Waals surface area contributed by atoms with Crippen molar-refractivity contribution in [2.45, 2.75) is 12.8 Å². The number of halogens is 3. The van der Waals surface area contributed by atoms with Crippen molar-refractivity contribution in [2.24, 2.45) is 0 Å². The summed E-state index contributed by atoms with van der Waals surface area (Å²) in [6.45, 7) is 2.03. The number of alkyl halides is 1. The van der Waals surface area contributed by atoms with Gasteiger partial charge in [0.2, 0.25) is 0 Å². The predicted octanol–water partition coefficient (Wildman–Crippen LogP) is 6.05. The Morgan fingerprint density at radius 1 is 1.06 bits per heavy atom. The van der Waals surface area contributed by atoms with Gasteiger partial charge in [0.05, 0.1) is 4.47 Å². The third kappa shape index (κ3) is 3.28. The van der Waals surface area contributed by atoms with Crippen molar-refractivity contribution < 1.29 is 4.74 Å². The molecule has 0 aromatic heterocycles. The van der Waals surface area contributed by atoms with E-state index >= 15 is 0 Å². The van der Waals surface area contributed by atoms with Crippen LogP contribution in [0, 0.1) is 6.92 Å². The quantitative estimate of drug-likeness (QED) is 0.580. The molecule has 0 spiro atoms. The molecule has 2 rings (SSSR count). The van der Waals surface area contributed by atoms with Gasteiger partial charge in [0, 0.05) is 10.4 Å². The number of aryl methyl sites for hydroxylation is 1. The Morgan fingerprint density at radius 3 is 2.44 bits per heavy atom. The third-order valence-corrected chi connectivity index (χ3v) is 4.33. The smallest absolute Gasteiger partial charge is 0.141 e. The van der Waals surface area contributed by atoms with Gasteiger partial charge in [-0.05, 0) is 64.3 Å². The van der Waals surface area contributed by atoms with Crippen molar-refractivity contribution in [1.82, 2.24) is 0 Å². The van der Waals surface area contributed by atoms with Crippen LogP contribution in [0.4, 0.5) is 0 Å². The van der Waals surface area contributed by atoms with Gasteiger partial charge in [-0.25, -0.2) is 0 Å². The second kappa shape index (κ2) is 6.09. The summed E-state index contributed by atoms with van der Waals surface area (Å²) in [6.07, 6.45) is 0. The van der Waals surface area contributed by atoms with Gasteiger partial charge in [0.25, 0.3) is 0 Å². The molecule has 0 unspecified atom stereocenters. The number of rotatable bonds is 3. The summed E-state index contributed by atoms with van der Waals surface area (Å²) >= 11 is 12.7. The standard InChI is InChI=1S/C14H11Br2ClO/c1-9-6-11(3-4-12(9)15)18-14-5-2-10(8-17)7-13(14)16/h2-7H,8H2,1H3. The molecule has 0 saturated heterocycles. The van der Waals surface area contributed by atoms with Crippen molar-refractivity contribution in [3.8, 4) is 11.5 Å². The molecule has 0 aliphatic rings. The van der Waals surface area contributed by atoms with E-state index in [9.17, 15) is 0 Å². The zero-order chi connectivity index (χ0) is 13.1. The summed E-state index contributed by atoms with van der Waals surface area (Å²) in [6, 6.07) is 11.7. The average molecular weight is 391 g/mol. The van der Waals surface area contributed by atoms with Gasteiger partial charge in [-0.1, -0.05) is 22.0 Å². The molecule has 0 heterocycles. The Labute approximate surface area is 128 Å². The van der Waals surface area contributed by atoms with Crippen LogP contribution < -0.4 is 4.74 Å². The highest BCUT2D eigenvalue weighted by Gasteiger charge is 2.05. The van der Waals surface area contributed by atoms with Gasteiger partial charge in [0.1, 0.15) is 11.5 Å². The normalized spacial score (nSPS) is 10.4. The highest BCUT2D eigenvalue weighted by molar-refractivity contribution is 9.10. The molecule has 0 saturated carbocycles. The second-order valence-corrected chi connectivity index (χ2v) is 5.89. The zero-order valence-corrected chi connectivity index (χ0v) is 13.6. The maximum Gasteiger partial charge on any atom is 0.141 e. The molecular formula is C14H11Br2ClO. The van der Waals surface area contributed by atoms with E-state index in [1.807, 2.05) is 43.3 Å². The van der Waals surface area contributed by atoms with E-state index in [0.29, 0.717) is 5.88 Å². The van der Waals surface area contributed by atoms with E-state index < -0.39 is 0 Å². The van der Waals surface area contributed by atoms with E-state index in [2.05, 4.69) is 31.9 Å². The Balaban J connectivity index is 2.25. The van der Waals surface area contributed by atoms with E-state index in [1.165, 1.54) is 0 Å². The van der Waals surface area contributed by atoms with Crippen molar-refractivity contribution >= 4 is 43.5 Å². The first-order chi connectivity index (χ1) is 8.60. The Bertz CT molecular complexity index is 570. The van der Waals surface area contributed by atoms with Crippen molar-refractivity contribution in [3.63, 3.8) is 0 Å². The van der Waals surface area contributed by atoms with Crippen LogP contribution in [-0.2, 0) is 5.88 Å². The molecule has 0 amide bonds. The fourth-order valence-electron chi connectivity index (χ4n) is 1.52. The topological polar surface area (TPSA) is 9.23 Å². The first kappa shape index (κ1) is 13.9. The van der Waals surface area contributed by atoms with E-state index in [-0.39, 0.29) is 0 Å². The molecule has 1 nitrogen and oxygen atoms in total. The van der Waals surface area contributed by atoms with Crippen molar-refractivity contribution in [2.75, 3.05) is 0 Å². The molecule has 0 aliphatic carbocycles. The summed E-state index contributed by atoms with van der Waals surface area (Å²) in [5.41, 5.74) is 2.20. The predicted molar refractivity (Wildman–Crippen MR) is 82.7 cm³/mol. The molecule has 18 heavy (non-hydrogen) atoms. The van der Waals surface area contributed by atoms with Crippen LogP contribution in [0.1, 0.15) is 11.1 Å². The molecule has 2 aromatic carbocycles. The van der Waals surface area contributed by atoms with Crippen LogP contribution in [0.3, 0.4) is 0 Å². The SMILES string of the molecule is Cc1cc(Oc2ccc(CCl)cc2Br)ccc1Br. The lowest BCUT2D eigenvalue weighted by molar-refractivity contribution is 0.479. The van der Waals surface area contributed by atoms with Gasteiger partial charge in [-0.2, -0.15) is 0 Å². The zero-order valence-electron chi connectivity index (χ0n) is 9.71. The molecule has 2 aromatic rings. The fraction of sp³-hybridized carbons (Fsp3) is 0.143. The minimum absolute atomic E-state index is 0.496. The highest BCUT2D eigenvalue weighted by Crippen LogP contribution is 2.32. The summed E-state index contributed by atoms with van der Waals surface area (Å²) < 4.78 is 7.81. The largest absolute Gasteiger partial charge is 0.456 e. The van der Waals surface area contributed by atoms with Crippen LogP contribution in [-0.4, -0.2) is 0 Å². The minimum Gasteiger partial charge on any atom is -0.456 e. The molecule has 0 atom stereocenters. The number of hydrogen-bond donors (Lipinski definition) is 0. The molecule has 0 radical (unpaired) electrons. The van der Waals surface area contributed by atoms with Gasteiger partial charge in [-0.15, -0.1) is 11.6 Å². The molecule has 94 valence electrons. The Kier molecular flexibility index (Phi) is 4.71. The fourth-order valence-corrected chi connectivity index (χ4v) is 2.44. The van der Waals surface area contributed by atoms with Crippen LogP contribution in [0.2, 0.25) is 0 Å². The van der Waals surface area contributed by atoms with Crippen molar-refractivity contribution in [3.05, 3.63) is 56.5 Å². The summed E-state index contributed by atoms with van der Waals surface area (Å²) in [7, 11) is 0. The van der Waals surface area contributed by atoms with E-state index in [4.69, 9.17) is 16.3 Å². The summed E-state index contributed by atoms with van der Waals surface area (Å²) in [5, 5.41) is 0. The summed E-state index contributed by atoms with van der Waals surface area (Å²) in [4.78, 5) is 0. The highest BCUT2D eigenvalue weighted by atomic mass is 79.9. The van der Waals surface area contributed by atoms with E-state index in [0.717, 1.165) is 31.6 Å². The number of hydrogen-bond acceptors (Lipinski definition) is 1. The Morgan fingerprint density at radius 2 is 1.83 bits per heavy atom. The van der Waals surface area contributed by atoms with Gasteiger partial charge >= 0.3 is 0 Å². The minimum atomic E-state index is 0.496. The van der Waals surface area contributed by atoms with Crippen LogP contribution in [0.15, 0.2) is 45.3 Å². The maximum atomic E-state index is 5.83. The van der Waals surface area contributed by atoms with Crippen molar-refractivity contribution in [1.29, 1.82) is 0 Å². The maximum absolute atomic E-state index is 5.83. The molecule has 0 bridgehead atoms. The van der Waals surface area contributed by atoms with Gasteiger partial charge in [-0.3, -0.25) is 0 Å². The second-order valence-electron chi connectivity index (χ2n) is 3.91. The van der Waals surface area contributed by atoms with Gasteiger partial charge < -0.3 is 4.74 Å². The lowest BCUT2D eigenvalue weighted by atomic mass is 10.2. The lowest BCUT2D eigenvalue weighted by Crippen LogP contribution is -1.88.